The minimum Gasteiger partial charge on any atom is -0.456 e. The second-order valence-electron chi connectivity index (χ2n) is 16.7. The molecule has 1 aliphatic rings. The molecule has 0 atom stereocenters. The van der Waals surface area contributed by atoms with E-state index in [1.54, 1.807) is 0 Å². The van der Waals surface area contributed by atoms with E-state index in [0.29, 0.717) is 17.6 Å². The molecule has 0 N–H and O–H groups in total. The highest BCUT2D eigenvalue weighted by Crippen LogP contribution is 2.56. The molecule has 0 unspecified atom stereocenters. The summed E-state index contributed by atoms with van der Waals surface area (Å²) >= 11 is 0. The summed E-state index contributed by atoms with van der Waals surface area (Å²) in [5.41, 5.74) is 12.5. The number of hydrogen-bond donors (Lipinski definition) is 0. The van der Waals surface area contributed by atoms with Crippen LogP contribution < -0.4 is 0 Å². The number of para-hydroxylation sites is 5. The van der Waals surface area contributed by atoms with E-state index in [0.717, 1.165) is 105 Å². The van der Waals surface area contributed by atoms with Gasteiger partial charge in [0.15, 0.2) is 11.6 Å². The fourth-order valence-corrected chi connectivity index (χ4v) is 10.8. The standard InChI is InChI=1S/C58H35N5O/c1-2-17-37(18-3-1)62-50-30-14-8-24-44(50)54-45(25-16-31-51(54)62)55-59-56(61-57(60-55)63-48-28-12-6-21-40(48)41-22-7-13-29-49(41)63)58(46-26-10-4-19-38(46)39-20-5-11-27-47(39)58)36-33-34-43-42-23-9-15-32-52(42)64-53(43)35-36/h1-35H. The Bertz CT molecular complexity index is 3940. The summed E-state index contributed by atoms with van der Waals surface area (Å²) in [7, 11) is 0. The molecule has 14 rings (SSSR count). The molecule has 0 bridgehead atoms. The summed E-state index contributed by atoms with van der Waals surface area (Å²) in [5.74, 6) is 1.77. The lowest BCUT2D eigenvalue weighted by atomic mass is 9.71. The highest BCUT2D eigenvalue weighted by molar-refractivity contribution is 6.15. The molecule has 6 heteroatoms. The second kappa shape index (κ2) is 13.2. The maximum atomic E-state index is 6.65. The van der Waals surface area contributed by atoms with Crippen molar-refractivity contribution < 1.29 is 4.42 Å². The zero-order valence-electron chi connectivity index (χ0n) is 34.4. The lowest BCUT2D eigenvalue weighted by Crippen LogP contribution is -2.32. The Balaban J connectivity index is 1.15. The van der Waals surface area contributed by atoms with Crippen molar-refractivity contribution in [2.75, 3.05) is 0 Å². The van der Waals surface area contributed by atoms with E-state index in [1.807, 2.05) is 12.1 Å². The molecule has 0 radical (unpaired) electrons. The van der Waals surface area contributed by atoms with Gasteiger partial charge in [0.2, 0.25) is 5.95 Å². The summed E-state index contributed by atoms with van der Waals surface area (Å²) in [5, 5.41) is 6.63. The van der Waals surface area contributed by atoms with Crippen molar-refractivity contribution in [3.05, 3.63) is 235 Å². The van der Waals surface area contributed by atoms with Gasteiger partial charge in [0, 0.05) is 43.6 Å². The first-order valence-corrected chi connectivity index (χ1v) is 21.7. The van der Waals surface area contributed by atoms with Crippen LogP contribution in [0.1, 0.15) is 22.5 Å². The molecule has 6 nitrogen and oxygen atoms in total. The van der Waals surface area contributed by atoms with Crippen molar-refractivity contribution in [2.45, 2.75) is 5.41 Å². The number of aromatic nitrogens is 5. The van der Waals surface area contributed by atoms with Crippen LogP contribution in [0.25, 0.3) is 99.7 Å². The normalized spacial score (nSPS) is 13.1. The molecule has 0 amide bonds. The summed E-state index contributed by atoms with van der Waals surface area (Å²) in [6.07, 6.45) is 0. The molecule has 4 aromatic heterocycles. The molecule has 0 fully saturated rings. The quantitative estimate of drug-likeness (QED) is 0.174. The van der Waals surface area contributed by atoms with Crippen molar-refractivity contribution in [2.24, 2.45) is 0 Å². The Hall–Kier alpha value is -8.61. The SMILES string of the molecule is c1ccc(-n2c3ccccc3c3c(-c4nc(-n5c6ccccc6c6ccccc65)nc(C5(c6ccc7c(c6)oc6ccccc67)c6ccccc6-c6ccccc65)n4)cccc32)cc1. The Morgan fingerprint density at radius 3 is 1.64 bits per heavy atom. The van der Waals surface area contributed by atoms with Gasteiger partial charge >= 0.3 is 0 Å². The predicted octanol–water partition coefficient (Wildman–Crippen LogP) is 14.0. The third-order valence-corrected chi connectivity index (χ3v) is 13.5. The van der Waals surface area contributed by atoms with Crippen LogP contribution in [0, 0.1) is 0 Å². The molecule has 4 heterocycles. The first-order chi connectivity index (χ1) is 31.8. The topological polar surface area (TPSA) is 61.7 Å². The third kappa shape index (κ3) is 4.71. The van der Waals surface area contributed by atoms with Crippen molar-refractivity contribution in [3.8, 4) is 34.2 Å². The van der Waals surface area contributed by atoms with Crippen LogP contribution in [0.2, 0.25) is 0 Å². The first-order valence-electron chi connectivity index (χ1n) is 21.7. The van der Waals surface area contributed by atoms with Crippen LogP contribution in [-0.2, 0) is 5.41 Å². The maximum absolute atomic E-state index is 6.65. The average Bonchev–Trinajstić information content (AvgIpc) is 4.09. The van der Waals surface area contributed by atoms with E-state index in [1.165, 1.54) is 0 Å². The van der Waals surface area contributed by atoms with Gasteiger partial charge in [-0.3, -0.25) is 4.57 Å². The third-order valence-electron chi connectivity index (χ3n) is 13.5. The highest BCUT2D eigenvalue weighted by Gasteiger charge is 2.49. The minimum atomic E-state index is -0.961. The zero-order valence-corrected chi connectivity index (χ0v) is 34.4. The molecular weight excluding hydrogens is 783 g/mol. The first kappa shape index (κ1) is 35.0. The number of benzene rings is 9. The number of nitrogens with zero attached hydrogens (tertiary/aromatic N) is 5. The fourth-order valence-electron chi connectivity index (χ4n) is 10.8. The smallest absolute Gasteiger partial charge is 0.238 e. The van der Waals surface area contributed by atoms with E-state index >= 15 is 0 Å². The Morgan fingerprint density at radius 2 is 0.922 bits per heavy atom. The maximum Gasteiger partial charge on any atom is 0.238 e. The van der Waals surface area contributed by atoms with Crippen molar-refractivity contribution in [1.29, 1.82) is 0 Å². The average molecular weight is 818 g/mol. The molecule has 9 aromatic carbocycles. The van der Waals surface area contributed by atoms with E-state index < -0.39 is 5.41 Å². The van der Waals surface area contributed by atoms with Gasteiger partial charge in [0.1, 0.15) is 16.6 Å². The molecule has 0 saturated carbocycles. The Labute approximate surface area is 367 Å². The van der Waals surface area contributed by atoms with Gasteiger partial charge in [-0.15, -0.1) is 0 Å². The number of rotatable bonds is 5. The van der Waals surface area contributed by atoms with Crippen LogP contribution in [-0.4, -0.2) is 24.1 Å². The van der Waals surface area contributed by atoms with Gasteiger partial charge in [-0.05, 0) is 76.3 Å². The zero-order chi connectivity index (χ0) is 41.9. The Kier molecular flexibility index (Phi) is 7.22. The van der Waals surface area contributed by atoms with Gasteiger partial charge in [0.05, 0.1) is 22.1 Å². The van der Waals surface area contributed by atoms with Crippen LogP contribution in [0.4, 0.5) is 0 Å². The van der Waals surface area contributed by atoms with Crippen molar-refractivity contribution >= 4 is 65.6 Å². The van der Waals surface area contributed by atoms with E-state index in [2.05, 4.69) is 209 Å². The van der Waals surface area contributed by atoms with Crippen LogP contribution in [0.15, 0.2) is 217 Å². The monoisotopic (exact) mass is 817 g/mol. The van der Waals surface area contributed by atoms with Gasteiger partial charge in [-0.2, -0.15) is 9.97 Å². The molecule has 298 valence electrons. The van der Waals surface area contributed by atoms with Crippen molar-refractivity contribution in [1.82, 2.24) is 24.1 Å². The molecule has 1 aliphatic carbocycles. The molecule has 0 aliphatic heterocycles. The second-order valence-corrected chi connectivity index (χ2v) is 16.7. The lowest BCUT2D eigenvalue weighted by molar-refractivity contribution is 0.659. The van der Waals surface area contributed by atoms with Gasteiger partial charge in [-0.25, -0.2) is 4.98 Å². The van der Waals surface area contributed by atoms with E-state index in [9.17, 15) is 0 Å². The summed E-state index contributed by atoms with van der Waals surface area (Å²) < 4.78 is 11.2. The fraction of sp³-hybridized carbons (Fsp3) is 0.0172. The predicted molar refractivity (Wildman–Crippen MR) is 259 cm³/mol. The molecule has 0 saturated heterocycles. The van der Waals surface area contributed by atoms with Crippen LogP contribution in [0.3, 0.4) is 0 Å². The Morgan fingerprint density at radius 1 is 0.375 bits per heavy atom. The molecule has 13 aromatic rings. The largest absolute Gasteiger partial charge is 0.456 e. The van der Waals surface area contributed by atoms with Crippen LogP contribution >= 0.6 is 0 Å². The van der Waals surface area contributed by atoms with Gasteiger partial charge in [0.25, 0.3) is 0 Å². The van der Waals surface area contributed by atoms with Crippen molar-refractivity contribution in [3.63, 3.8) is 0 Å². The van der Waals surface area contributed by atoms with E-state index in [-0.39, 0.29) is 0 Å². The number of hydrogen-bond acceptors (Lipinski definition) is 4. The van der Waals surface area contributed by atoms with E-state index in [4.69, 9.17) is 19.4 Å². The van der Waals surface area contributed by atoms with Gasteiger partial charge < -0.3 is 8.98 Å². The summed E-state index contributed by atoms with van der Waals surface area (Å²) in [6.45, 7) is 0. The lowest BCUT2D eigenvalue weighted by Gasteiger charge is -2.32. The molecule has 0 spiro atoms. The highest BCUT2D eigenvalue weighted by atomic mass is 16.3. The van der Waals surface area contributed by atoms with Crippen LogP contribution in [0.5, 0.6) is 0 Å². The minimum absolute atomic E-state index is 0.548. The molecule has 64 heavy (non-hydrogen) atoms. The number of furan rings is 1. The molecular formula is C58H35N5O. The van der Waals surface area contributed by atoms with Gasteiger partial charge in [-0.1, -0.05) is 164 Å². The number of fused-ring (bicyclic) bond motifs is 12. The summed E-state index contributed by atoms with van der Waals surface area (Å²) in [4.78, 5) is 17.1. The summed E-state index contributed by atoms with van der Waals surface area (Å²) in [6, 6.07) is 75.2.